The zero-order chi connectivity index (χ0) is 10.4. The number of likely N-dealkylation sites (tertiary alicyclic amines) is 1. The Hall–Kier alpha value is -1.05. The summed E-state index contributed by atoms with van der Waals surface area (Å²) in [6.07, 6.45) is 7.23. The third-order valence-electron chi connectivity index (χ3n) is 2.46. The fourth-order valence-corrected chi connectivity index (χ4v) is 1.72. The molecule has 0 aromatic heterocycles. The molecule has 1 heterocycles. The standard InChI is InChI=1S/C10H17N3O/c1-2-5-12-9-3-6-13(7-4-9)8-10(11)14/h1,9,12H,3-8H2,(H2,11,14). The number of amides is 1. The summed E-state index contributed by atoms with van der Waals surface area (Å²) in [6.45, 7) is 2.85. The molecule has 1 saturated heterocycles. The van der Waals surface area contributed by atoms with E-state index >= 15 is 0 Å². The van der Waals surface area contributed by atoms with Crippen LogP contribution >= 0.6 is 0 Å². The second kappa shape index (κ2) is 5.63. The number of nitrogens with two attached hydrogens (primary N) is 1. The first-order valence-corrected chi connectivity index (χ1v) is 4.90. The summed E-state index contributed by atoms with van der Waals surface area (Å²) < 4.78 is 0. The van der Waals surface area contributed by atoms with E-state index in [1.165, 1.54) is 0 Å². The zero-order valence-corrected chi connectivity index (χ0v) is 8.33. The topological polar surface area (TPSA) is 58.4 Å². The van der Waals surface area contributed by atoms with Crippen LogP contribution in [0.2, 0.25) is 0 Å². The first-order chi connectivity index (χ1) is 6.72. The molecule has 0 aliphatic carbocycles. The molecule has 3 N–H and O–H groups in total. The summed E-state index contributed by atoms with van der Waals surface area (Å²) in [4.78, 5) is 12.7. The molecule has 1 aliphatic heterocycles. The van der Waals surface area contributed by atoms with E-state index in [9.17, 15) is 4.79 Å². The van der Waals surface area contributed by atoms with Gasteiger partial charge in [0.15, 0.2) is 0 Å². The van der Waals surface area contributed by atoms with Crippen LogP contribution in [0.15, 0.2) is 0 Å². The smallest absolute Gasteiger partial charge is 0.231 e. The number of hydrogen-bond acceptors (Lipinski definition) is 3. The van der Waals surface area contributed by atoms with E-state index in [1.807, 2.05) is 0 Å². The second-order valence-corrected chi connectivity index (χ2v) is 3.60. The van der Waals surface area contributed by atoms with E-state index in [0.29, 0.717) is 19.1 Å². The van der Waals surface area contributed by atoms with Gasteiger partial charge in [0.1, 0.15) is 0 Å². The third-order valence-corrected chi connectivity index (χ3v) is 2.46. The van der Waals surface area contributed by atoms with E-state index in [4.69, 9.17) is 12.2 Å². The number of primary amides is 1. The molecular formula is C10H17N3O. The molecule has 4 heteroatoms. The first kappa shape index (κ1) is 11.0. The molecular weight excluding hydrogens is 178 g/mol. The lowest BCUT2D eigenvalue weighted by atomic mass is 10.1. The van der Waals surface area contributed by atoms with Gasteiger partial charge in [-0.3, -0.25) is 9.69 Å². The SMILES string of the molecule is C#CCNC1CCN(CC(N)=O)CC1. The van der Waals surface area contributed by atoms with Gasteiger partial charge in [-0.15, -0.1) is 6.42 Å². The minimum Gasteiger partial charge on any atom is -0.369 e. The number of piperidine rings is 1. The normalized spacial score (nSPS) is 19.1. The van der Waals surface area contributed by atoms with Crippen molar-refractivity contribution in [3.63, 3.8) is 0 Å². The summed E-state index contributed by atoms with van der Waals surface area (Å²) >= 11 is 0. The Morgan fingerprint density at radius 2 is 2.21 bits per heavy atom. The molecule has 1 aliphatic rings. The monoisotopic (exact) mass is 195 g/mol. The molecule has 0 aromatic rings. The van der Waals surface area contributed by atoms with Crippen LogP contribution in [-0.4, -0.2) is 43.0 Å². The van der Waals surface area contributed by atoms with Crippen molar-refractivity contribution in [1.29, 1.82) is 0 Å². The maximum Gasteiger partial charge on any atom is 0.231 e. The van der Waals surface area contributed by atoms with Crippen LogP contribution < -0.4 is 11.1 Å². The van der Waals surface area contributed by atoms with Crippen LogP contribution in [0.5, 0.6) is 0 Å². The lowest BCUT2D eigenvalue weighted by Crippen LogP contribution is -2.45. The minimum absolute atomic E-state index is 0.250. The maximum absolute atomic E-state index is 10.7. The Kier molecular flexibility index (Phi) is 4.44. The van der Waals surface area contributed by atoms with Gasteiger partial charge in [-0.05, 0) is 12.8 Å². The van der Waals surface area contributed by atoms with Crippen LogP contribution in [0.3, 0.4) is 0 Å². The summed E-state index contributed by atoms with van der Waals surface area (Å²) in [7, 11) is 0. The molecule has 0 unspecified atom stereocenters. The predicted molar refractivity (Wildman–Crippen MR) is 55.5 cm³/mol. The molecule has 0 radical (unpaired) electrons. The highest BCUT2D eigenvalue weighted by Gasteiger charge is 2.18. The molecule has 0 saturated carbocycles. The average Bonchev–Trinajstić information content (AvgIpc) is 2.16. The molecule has 1 fully saturated rings. The van der Waals surface area contributed by atoms with Gasteiger partial charge in [0.25, 0.3) is 0 Å². The Morgan fingerprint density at radius 1 is 1.57 bits per heavy atom. The van der Waals surface area contributed by atoms with Crippen molar-refractivity contribution in [2.45, 2.75) is 18.9 Å². The fourth-order valence-electron chi connectivity index (χ4n) is 1.72. The van der Waals surface area contributed by atoms with Crippen LogP contribution in [0.1, 0.15) is 12.8 Å². The largest absolute Gasteiger partial charge is 0.369 e. The van der Waals surface area contributed by atoms with Crippen LogP contribution in [0, 0.1) is 12.3 Å². The molecule has 1 rings (SSSR count). The van der Waals surface area contributed by atoms with Crippen molar-refractivity contribution in [2.75, 3.05) is 26.2 Å². The van der Waals surface area contributed by atoms with E-state index < -0.39 is 0 Å². The van der Waals surface area contributed by atoms with Gasteiger partial charge >= 0.3 is 0 Å². The quantitative estimate of drug-likeness (QED) is 0.575. The van der Waals surface area contributed by atoms with E-state index in [2.05, 4.69) is 16.1 Å². The van der Waals surface area contributed by atoms with Crippen molar-refractivity contribution in [3.05, 3.63) is 0 Å². The molecule has 0 aromatic carbocycles. The summed E-state index contributed by atoms with van der Waals surface area (Å²) in [6, 6.07) is 0.496. The van der Waals surface area contributed by atoms with Crippen LogP contribution in [0.25, 0.3) is 0 Å². The van der Waals surface area contributed by atoms with Gasteiger partial charge in [0, 0.05) is 19.1 Å². The van der Waals surface area contributed by atoms with Crippen molar-refractivity contribution in [2.24, 2.45) is 5.73 Å². The summed E-state index contributed by atoms with van der Waals surface area (Å²) in [5.74, 6) is 2.31. The number of carbonyl (C=O) groups is 1. The number of hydrogen-bond donors (Lipinski definition) is 2. The predicted octanol–water partition coefficient (Wildman–Crippen LogP) is -0.841. The van der Waals surface area contributed by atoms with Gasteiger partial charge in [-0.1, -0.05) is 5.92 Å². The molecule has 0 bridgehead atoms. The maximum atomic E-state index is 10.7. The van der Waals surface area contributed by atoms with E-state index in [-0.39, 0.29) is 5.91 Å². The van der Waals surface area contributed by atoms with Gasteiger partial charge < -0.3 is 11.1 Å². The minimum atomic E-state index is -0.250. The number of nitrogens with zero attached hydrogens (tertiary/aromatic N) is 1. The highest BCUT2D eigenvalue weighted by molar-refractivity contribution is 5.75. The molecule has 0 atom stereocenters. The number of carbonyl (C=O) groups excluding carboxylic acids is 1. The highest BCUT2D eigenvalue weighted by Crippen LogP contribution is 2.09. The van der Waals surface area contributed by atoms with E-state index in [0.717, 1.165) is 25.9 Å². The molecule has 14 heavy (non-hydrogen) atoms. The molecule has 4 nitrogen and oxygen atoms in total. The Morgan fingerprint density at radius 3 is 2.71 bits per heavy atom. The van der Waals surface area contributed by atoms with Crippen molar-refractivity contribution < 1.29 is 4.79 Å². The molecule has 1 amide bonds. The van der Waals surface area contributed by atoms with Gasteiger partial charge in [0.05, 0.1) is 13.1 Å². The van der Waals surface area contributed by atoms with Crippen molar-refractivity contribution >= 4 is 5.91 Å². The van der Waals surface area contributed by atoms with Crippen molar-refractivity contribution in [3.8, 4) is 12.3 Å². The second-order valence-electron chi connectivity index (χ2n) is 3.60. The van der Waals surface area contributed by atoms with Crippen LogP contribution in [-0.2, 0) is 4.79 Å². The summed E-state index contributed by atoms with van der Waals surface area (Å²) in [5, 5.41) is 3.27. The Bertz CT molecular complexity index is 226. The number of terminal acetylenes is 1. The Balaban J connectivity index is 2.18. The fraction of sp³-hybridized carbons (Fsp3) is 0.700. The van der Waals surface area contributed by atoms with Gasteiger partial charge in [-0.25, -0.2) is 0 Å². The van der Waals surface area contributed by atoms with E-state index in [1.54, 1.807) is 0 Å². The first-order valence-electron chi connectivity index (χ1n) is 4.90. The summed E-state index contributed by atoms with van der Waals surface area (Å²) in [5.41, 5.74) is 5.12. The van der Waals surface area contributed by atoms with Gasteiger partial charge in [0.2, 0.25) is 5.91 Å². The number of nitrogens with one attached hydrogen (secondary N) is 1. The molecule has 0 spiro atoms. The third kappa shape index (κ3) is 3.77. The number of rotatable bonds is 4. The zero-order valence-electron chi connectivity index (χ0n) is 8.33. The van der Waals surface area contributed by atoms with Gasteiger partial charge in [-0.2, -0.15) is 0 Å². The average molecular weight is 195 g/mol. The van der Waals surface area contributed by atoms with Crippen molar-refractivity contribution in [1.82, 2.24) is 10.2 Å². The van der Waals surface area contributed by atoms with Crippen LogP contribution in [0.4, 0.5) is 0 Å². The lowest BCUT2D eigenvalue weighted by molar-refractivity contribution is -0.119. The highest BCUT2D eigenvalue weighted by atomic mass is 16.1. The molecule has 78 valence electrons. The lowest BCUT2D eigenvalue weighted by Gasteiger charge is -2.31. The Labute approximate surface area is 84.8 Å².